The minimum atomic E-state index is -1.00. The normalized spacial score (nSPS) is 11.5. The van der Waals surface area contributed by atoms with Crippen LogP contribution in [0, 0.1) is 0 Å². The Kier molecular flexibility index (Phi) is 5.42. The Morgan fingerprint density at radius 3 is 2.12 bits per heavy atom. The second-order valence-corrected chi connectivity index (χ2v) is 5.02. The number of phenolic OH excluding ortho intramolecular Hbond substituents is 1. The molecular weight excluding hydrogens is 312 g/mol. The lowest BCUT2D eigenvalue weighted by molar-refractivity contribution is 0.0315. The highest BCUT2D eigenvalue weighted by atomic mass is 16.5. The highest BCUT2D eigenvalue weighted by Gasteiger charge is 2.22. The van der Waals surface area contributed by atoms with Gasteiger partial charge in [-0.3, -0.25) is 4.79 Å². The zero-order chi connectivity index (χ0) is 17.7. The van der Waals surface area contributed by atoms with Crippen molar-refractivity contribution in [2.24, 2.45) is 0 Å². The Hall–Kier alpha value is -3.02. The van der Waals surface area contributed by atoms with Gasteiger partial charge >= 0.3 is 5.97 Å². The van der Waals surface area contributed by atoms with Gasteiger partial charge in [0.25, 0.3) is 0 Å². The fraction of sp³-hybridized carbons (Fsp3) is 0.222. The van der Waals surface area contributed by atoms with E-state index in [4.69, 9.17) is 14.2 Å². The summed E-state index contributed by atoms with van der Waals surface area (Å²) >= 11 is 0. The SMILES string of the molecule is COc1ccc(C(=O)[C@H](C)OC(=O)c2cc(OC)ccc2O)cc1. The third-order valence-electron chi connectivity index (χ3n) is 3.45. The molecule has 0 heterocycles. The second-order valence-electron chi connectivity index (χ2n) is 5.02. The van der Waals surface area contributed by atoms with Gasteiger partial charge in [0.15, 0.2) is 6.10 Å². The maximum Gasteiger partial charge on any atom is 0.342 e. The number of carbonyl (C=O) groups excluding carboxylic acids is 2. The Labute approximate surface area is 139 Å². The summed E-state index contributed by atoms with van der Waals surface area (Å²) in [6.07, 6.45) is -1.00. The van der Waals surface area contributed by atoms with Gasteiger partial charge in [-0.05, 0) is 49.4 Å². The smallest absolute Gasteiger partial charge is 0.342 e. The van der Waals surface area contributed by atoms with Crippen molar-refractivity contribution in [2.75, 3.05) is 14.2 Å². The largest absolute Gasteiger partial charge is 0.507 e. The first kappa shape index (κ1) is 17.3. The number of carbonyl (C=O) groups is 2. The molecule has 2 aromatic rings. The summed E-state index contributed by atoms with van der Waals surface area (Å²) in [5.41, 5.74) is 0.328. The monoisotopic (exact) mass is 330 g/mol. The number of ketones is 1. The molecule has 6 nitrogen and oxygen atoms in total. The zero-order valence-corrected chi connectivity index (χ0v) is 13.6. The molecule has 0 saturated carbocycles. The molecule has 0 spiro atoms. The number of phenols is 1. The van der Waals surface area contributed by atoms with E-state index in [1.807, 2.05) is 0 Å². The summed E-state index contributed by atoms with van der Waals surface area (Å²) in [4.78, 5) is 24.5. The van der Waals surface area contributed by atoms with E-state index in [9.17, 15) is 14.7 Å². The lowest BCUT2D eigenvalue weighted by Crippen LogP contribution is -2.24. The molecule has 0 fully saturated rings. The van der Waals surface area contributed by atoms with Gasteiger partial charge in [-0.15, -0.1) is 0 Å². The number of ether oxygens (including phenoxy) is 3. The first-order valence-electron chi connectivity index (χ1n) is 7.22. The van der Waals surface area contributed by atoms with Crippen molar-refractivity contribution >= 4 is 11.8 Å². The zero-order valence-electron chi connectivity index (χ0n) is 13.6. The molecule has 0 aliphatic rings. The van der Waals surface area contributed by atoms with Crippen LogP contribution >= 0.6 is 0 Å². The van der Waals surface area contributed by atoms with Crippen molar-refractivity contribution in [3.05, 3.63) is 53.6 Å². The molecule has 2 aromatic carbocycles. The molecule has 24 heavy (non-hydrogen) atoms. The van der Waals surface area contributed by atoms with Crippen molar-refractivity contribution in [3.8, 4) is 17.2 Å². The number of rotatable bonds is 6. The highest BCUT2D eigenvalue weighted by molar-refractivity contribution is 6.02. The topological polar surface area (TPSA) is 82.1 Å². The summed E-state index contributed by atoms with van der Waals surface area (Å²) < 4.78 is 15.2. The highest BCUT2D eigenvalue weighted by Crippen LogP contribution is 2.24. The molecule has 0 bridgehead atoms. The van der Waals surface area contributed by atoms with Gasteiger partial charge in [-0.2, -0.15) is 0 Å². The minimum Gasteiger partial charge on any atom is -0.507 e. The van der Waals surface area contributed by atoms with Gasteiger partial charge in [-0.1, -0.05) is 0 Å². The summed E-state index contributed by atoms with van der Waals surface area (Å²) in [6.45, 7) is 1.47. The number of aromatic hydroxyl groups is 1. The molecule has 0 aliphatic carbocycles. The third-order valence-corrected chi connectivity index (χ3v) is 3.45. The molecule has 6 heteroatoms. The van der Waals surface area contributed by atoms with E-state index in [0.717, 1.165) is 0 Å². The molecule has 126 valence electrons. The lowest BCUT2D eigenvalue weighted by Gasteiger charge is -2.13. The molecule has 0 saturated heterocycles. The molecular formula is C18H18O6. The summed E-state index contributed by atoms with van der Waals surface area (Å²) in [7, 11) is 2.97. The van der Waals surface area contributed by atoms with Gasteiger partial charge in [-0.25, -0.2) is 4.79 Å². The van der Waals surface area contributed by atoms with Crippen LogP contribution < -0.4 is 9.47 Å². The van der Waals surface area contributed by atoms with Crippen LogP contribution in [-0.2, 0) is 4.74 Å². The van der Waals surface area contributed by atoms with Crippen LogP contribution in [0.15, 0.2) is 42.5 Å². The maximum atomic E-state index is 12.3. The summed E-state index contributed by atoms with van der Waals surface area (Å²) in [6, 6.07) is 10.7. The Morgan fingerprint density at radius 1 is 0.958 bits per heavy atom. The quantitative estimate of drug-likeness (QED) is 0.648. The van der Waals surface area contributed by atoms with Gasteiger partial charge in [0.1, 0.15) is 22.8 Å². The predicted molar refractivity (Wildman–Crippen MR) is 86.9 cm³/mol. The van der Waals surface area contributed by atoms with Crippen LogP contribution in [0.3, 0.4) is 0 Å². The molecule has 0 amide bonds. The second kappa shape index (κ2) is 7.50. The molecule has 0 radical (unpaired) electrons. The van der Waals surface area contributed by atoms with E-state index in [-0.39, 0.29) is 17.1 Å². The number of methoxy groups -OCH3 is 2. The Bertz CT molecular complexity index is 736. The van der Waals surface area contributed by atoms with Crippen LogP contribution in [0.5, 0.6) is 17.2 Å². The van der Waals surface area contributed by atoms with Gasteiger partial charge < -0.3 is 19.3 Å². The van der Waals surface area contributed by atoms with Gasteiger partial charge in [0.05, 0.1) is 14.2 Å². The molecule has 0 unspecified atom stereocenters. The number of benzene rings is 2. The first-order valence-corrected chi connectivity index (χ1v) is 7.22. The average molecular weight is 330 g/mol. The van der Waals surface area contributed by atoms with Crippen LogP contribution in [0.1, 0.15) is 27.6 Å². The van der Waals surface area contributed by atoms with Gasteiger partial charge in [0.2, 0.25) is 5.78 Å². The molecule has 1 N–H and O–H groups in total. The summed E-state index contributed by atoms with van der Waals surface area (Å²) in [5, 5.41) is 9.77. The number of esters is 1. The predicted octanol–water partition coefficient (Wildman–Crippen LogP) is 2.84. The first-order chi connectivity index (χ1) is 11.5. The average Bonchev–Trinajstić information content (AvgIpc) is 2.61. The Morgan fingerprint density at radius 2 is 1.54 bits per heavy atom. The van der Waals surface area contributed by atoms with Crippen molar-refractivity contribution in [1.29, 1.82) is 0 Å². The van der Waals surface area contributed by atoms with Crippen molar-refractivity contribution in [1.82, 2.24) is 0 Å². The van der Waals surface area contributed by atoms with E-state index in [2.05, 4.69) is 0 Å². The number of Topliss-reactive ketones (excluding diaryl/α,β-unsaturated/α-hetero) is 1. The Balaban J connectivity index is 2.11. The van der Waals surface area contributed by atoms with Crippen molar-refractivity contribution < 1.29 is 28.9 Å². The molecule has 0 aliphatic heterocycles. The fourth-order valence-electron chi connectivity index (χ4n) is 2.07. The standard InChI is InChI=1S/C18H18O6/c1-11(17(20)12-4-6-13(22-2)7-5-12)24-18(21)15-10-14(23-3)8-9-16(15)19/h4-11,19H,1-3H3/t11-/m0/s1. The summed E-state index contributed by atoms with van der Waals surface area (Å²) in [5.74, 6) is -0.384. The molecule has 1 atom stereocenters. The van der Waals surface area contributed by atoms with Crippen LogP contribution in [0.2, 0.25) is 0 Å². The minimum absolute atomic E-state index is 0.0660. The van der Waals surface area contributed by atoms with E-state index < -0.39 is 12.1 Å². The van der Waals surface area contributed by atoms with Gasteiger partial charge in [0, 0.05) is 5.56 Å². The number of hydrogen-bond donors (Lipinski definition) is 1. The fourth-order valence-corrected chi connectivity index (χ4v) is 2.07. The van der Waals surface area contributed by atoms with Crippen LogP contribution in [0.4, 0.5) is 0 Å². The number of hydrogen-bond acceptors (Lipinski definition) is 6. The molecule has 0 aromatic heterocycles. The van der Waals surface area contributed by atoms with Crippen molar-refractivity contribution in [3.63, 3.8) is 0 Å². The van der Waals surface area contributed by atoms with E-state index in [1.165, 1.54) is 39.3 Å². The van der Waals surface area contributed by atoms with Crippen molar-refractivity contribution in [2.45, 2.75) is 13.0 Å². The maximum absolute atomic E-state index is 12.3. The molecule has 2 rings (SSSR count). The van der Waals surface area contributed by atoms with E-state index in [1.54, 1.807) is 24.3 Å². The van der Waals surface area contributed by atoms with Crippen LogP contribution in [0.25, 0.3) is 0 Å². The van der Waals surface area contributed by atoms with Crippen LogP contribution in [-0.4, -0.2) is 37.2 Å². The lowest BCUT2D eigenvalue weighted by atomic mass is 10.1. The van der Waals surface area contributed by atoms with E-state index >= 15 is 0 Å². The van der Waals surface area contributed by atoms with E-state index in [0.29, 0.717) is 17.1 Å². The third kappa shape index (κ3) is 3.84.